The summed E-state index contributed by atoms with van der Waals surface area (Å²) >= 11 is 0. The highest BCUT2D eigenvalue weighted by Gasteiger charge is 2.13. The molecule has 2 aromatic heterocycles. The summed E-state index contributed by atoms with van der Waals surface area (Å²) in [6.45, 7) is 2.02. The first kappa shape index (κ1) is 15.2. The van der Waals surface area contributed by atoms with Crippen molar-refractivity contribution in [3.8, 4) is 0 Å². The third kappa shape index (κ3) is 3.11. The Kier molecular flexibility index (Phi) is 5.05. The van der Waals surface area contributed by atoms with Gasteiger partial charge in [0, 0.05) is 12.4 Å². The lowest BCUT2D eigenvalue weighted by atomic mass is 10.3. The quantitative estimate of drug-likeness (QED) is 0.804. The first-order valence-corrected chi connectivity index (χ1v) is 5.40. The summed E-state index contributed by atoms with van der Waals surface area (Å²) in [6.07, 6.45) is 3.19. The lowest BCUT2D eigenvalue weighted by Crippen LogP contribution is -2.04. The molecule has 0 N–H and O–H groups in total. The van der Waals surface area contributed by atoms with E-state index in [0.29, 0.717) is 17.8 Å². The van der Waals surface area contributed by atoms with Gasteiger partial charge in [-0.1, -0.05) is 0 Å². The highest BCUT2D eigenvalue weighted by atomic mass is 79.9. The van der Waals surface area contributed by atoms with Crippen molar-refractivity contribution in [2.24, 2.45) is 0 Å². The predicted octanol–water partition coefficient (Wildman–Crippen LogP) is 1.88. The van der Waals surface area contributed by atoms with Crippen LogP contribution < -0.4 is 0 Å². The van der Waals surface area contributed by atoms with E-state index in [1.807, 2.05) is 0 Å². The molecule has 2 heterocycles. The average Bonchev–Trinajstić information content (AvgIpc) is 2.80. The number of aromatic nitrogens is 2. The van der Waals surface area contributed by atoms with Crippen molar-refractivity contribution in [2.45, 2.75) is 6.92 Å². The smallest absolute Gasteiger partial charge is 0.358 e. The number of esters is 2. The molecule has 2 rings (SSSR count). The Morgan fingerprint density at radius 2 is 2.11 bits per heavy atom. The fraction of sp³-hybridized carbons (Fsp3) is 0.250. The molecule has 0 atom stereocenters. The predicted molar refractivity (Wildman–Crippen MR) is 72.8 cm³/mol. The van der Waals surface area contributed by atoms with E-state index in [1.165, 1.54) is 7.11 Å². The van der Waals surface area contributed by atoms with Crippen LogP contribution in [0.25, 0.3) is 5.65 Å². The number of pyridine rings is 1. The zero-order chi connectivity index (χ0) is 13.1. The lowest BCUT2D eigenvalue weighted by Gasteiger charge is -1.98. The molecule has 102 valence electrons. The molecule has 0 amide bonds. The monoisotopic (exact) mass is 328 g/mol. The van der Waals surface area contributed by atoms with Gasteiger partial charge in [0.05, 0.1) is 19.3 Å². The standard InChI is InChI=1S/C12H12N2O4.BrH/c1-3-18-12(16)9-7-14-5-4-8(11(15)17-2)6-10(14)13-9;/h4-7H,3H2,1-2H3;1H. The van der Waals surface area contributed by atoms with Crippen molar-refractivity contribution in [1.29, 1.82) is 0 Å². The highest BCUT2D eigenvalue weighted by molar-refractivity contribution is 8.93. The molecular formula is C12H13BrN2O4. The van der Waals surface area contributed by atoms with Crippen LogP contribution >= 0.6 is 17.0 Å². The molecular weight excluding hydrogens is 316 g/mol. The number of hydrogen-bond donors (Lipinski definition) is 0. The van der Waals surface area contributed by atoms with Gasteiger partial charge in [0.2, 0.25) is 0 Å². The maximum atomic E-state index is 11.5. The van der Waals surface area contributed by atoms with E-state index in [0.717, 1.165) is 0 Å². The SMILES string of the molecule is Br.CCOC(=O)c1cn2ccc(C(=O)OC)cc2n1. The van der Waals surface area contributed by atoms with E-state index in [4.69, 9.17) is 4.74 Å². The number of carbonyl (C=O) groups is 2. The number of fused-ring (bicyclic) bond motifs is 1. The summed E-state index contributed by atoms with van der Waals surface area (Å²) in [6, 6.07) is 3.14. The number of halogens is 1. The van der Waals surface area contributed by atoms with Gasteiger partial charge >= 0.3 is 11.9 Å². The van der Waals surface area contributed by atoms with Gasteiger partial charge in [0.25, 0.3) is 0 Å². The van der Waals surface area contributed by atoms with Crippen molar-refractivity contribution in [1.82, 2.24) is 9.38 Å². The minimum absolute atomic E-state index is 0. The molecule has 0 aliphatic heterocycles. The zero-order valence-electron chi connectivity index (χ0n) is 10.5. The van der Waals surface area contributed by atoms with Crippen LogP contribution in [0, 0.1) is 0 Å². The molecule has 0 fully saturated rings. The number of methoxy groups -OCH3 is 1. The Balaban J connectivity index is 0.00000180. The summed E-state index contributed by atoms with van der Waals surface area (Å²) < 4.78 is 11.1. The number of ether oxygens (including phenoxy) is 2. The molecule has 0 unspecified atom stereocenters. The summed E-state index contributed by atoms with van der Waals surface area (Å²) in [5.41, 5.74) is 1.07. The molecule has 19 heavy (non-hydrogen) atoms. The summed E-state index contributed by atoms with van der Waals surface area (Å²) in [4.78, 5) is 26.9. The van der Waals surface area contributed by atoms with Crippen molar-refractivity contribution in [3.63, 3.8) is 0 Å². The normalized spacial score (nSPS) is 9.79. The van der Waals surface area contributed by atoms with Crippen molar-refractivity contribution in [2.75, 3.05) is 13.7 Å². The van der Waals surface area contributed by atoms with E-state index in [1.54, 1.807) is 35.9 Å². The topological polar surface area (TPSA) is 69.9 Å². The number of nitrogens with zero attached hydrogens (tertiary/aromatic N) is 2. The van der Waals surface area contributed by atoms with Gasteiger partial charge < -0.3 is 13.9 Å². The Morgan fingerprint density at radius 1 is 1.37 bits per heavy atom. The van der Waals surface area contributed by atoms with Crippen LogP contribution in [-0.4, -0.2) is 35.0 Å². The molecule has 0 radical (unpaired) electrons. The second-order valence-corrected chi connectivity index (χ2v) is 3.52. The van der Waals surface area contributed by atoms with Crippen molar-refractivity contribution in [3.05, 3.63) is 35.8 Å². The van der Waals surface area contributed by atoms with Crippen molar-refractivity contribution >= 4 is 34.6 Å². The number of imidazole rings is 1. The minimum atomic E-state index is -0.485. The second kappa shape index (κ2) is 6.33. The van der Waals surface area contributed by atoms with Gasteiger partial charge in [-0.25, -0.2) is 14.6 Å². The second-order valence-electron chi connectivity index (χ2n) is 3.52. The van der Waals surface area contributed by atoms with Crippen LogP contribution in [0.4, 0.5) is 0 Å². The van der Waals surface area contributed by atoms with E-state index in [-0.39, 0.29) is 22.7 Å². The Morgan fingerprint density at radius 3 is 2.74 bits per heavy atom. The first-order valence-electron chi connectivity index (χ1n) is 5.40. The molecule has 0 saturated heterocycles. The maximum absolute atomic E-state index is 11.5. The van der Waals surface area contributed by atoms with Gasteiger partial charge in [-0.2, -0.15) is 0 Å². The molecule has 0 aromatic carbocycles. The van der Waals surface area contributed by atoms with E-state index in [9.17, 15) is 9.59 Å². The highest BCUT2D eigenvalue weighted by Crippen LogP contribution is 2.10. The number of carbonyl (C=O) groups excluding carboxylic acids is 2. The molecule has 0 aliphatic rings. The van der Waals surface area contributed by atoms with E-state index < -0.39 is 11.9 Å². The van der Waals surface area contributed by atoms with Crippen LogP contribution in [0.15, 0.2) is 24.5 Å². The molecule has 0 saturated carbocycles. The van der Waals surface area contributed by atoms with Crippen molar-refractivity contribution < 1.29 is 19.1 Å². The van der Waals surface area contributed by atoms with Gasteiger partial charge in [-0.15, -0.1) is 17.0 Å². The van der Waals surface area contributed by atoms with Gasteiger partial charge in [0.1, 0.15) is 5.65 Å². The van der Waals surface area contributed by atoms with Crippen LogP contribution in [0.2, 0.25) is 0 Å². The Bertz CT molecular complexity index is 609. The zero-order valence-corrected chi connectivity index (χ0v) is 12.2. The van der Waals surface area contributed by atoms with Gasteiger partial charge in [0.15, 0.2) is 5.69 Å². The molecule has 0 aliphatic carbocycles. The van der Waals surface area contributed by atoms with E-state index >= 15 is 0 Å². The molecule has 0 bridgehead atoms. The molecule has 2 aromatic rings. The van der Waals surface area contributed by atoms with Crippen LogP contribution in [0.3, 0.4) is 0 Å². The molecule has 0 spiro atoms. The summed E-state index contributed by atoms with van der Waals surface area (Å²) in [5, 5.41) is 0. The fourth-order valence-corrected chi connectivity index (χ4v) is 1.53. The van der Waals surface area contributed by atoms with Gasteiger partial charge in [-0.3, -0.25) is 0 Å². The maximum Gasteiger partial charge on any atom is 0.358 e. The van der Waals surface area contributed by atoms with Gasteiger partial charge in [-0.05, 0) is 19.1 Å². The van der Waals surface area contributed by atoms with Crippen LogP contribution in [0.1, 0.15) is 27.8 Å². The van der Waals surface area contributed by atoms with Crippen LogP contribution in [-0.2, 0) is 9.47 Å². The third-order valence-corrected chi connectivity index (χ3v) is 2.37. The first-order chi connectivity index (χ1) is 8.65. The Hall–Kier alpha value is -1.89. The average molecular weight is 329 g/mol. The van der Waals surface area contributed by atoms with Crippen LogP contribution in [0.5, 0.6) is 0 Å². The largest absolute Gasteiger partial charge is 0.465 e. The summed E-state index contributed by atoms with van der Waals surface area (Å²) in [5.74, 6) is -0.931. The molecule has 7 heteroatoms. The fourth-order valence-electron chi connectivity index (χ4n) is 1.53. The minimum Gasteiger partial charge on any atom is -0.465 e. The number of hydrogen-bond acceptors (Lipinski definition) is 5. The number of rotatable bonds is 3. The lowest BCUT2D eigenvalue weighted by molar-refractivity contribution is 0.0519. The molecule has 6 nitrogen and oxygen atoms in total. The third-order valence-electron chi connectivity index (χ3n) is 2.37. The van der Waals surface area contributed by atoms with E-state index in [2.05, 4.69) is 9.72 Å². The summed E-state index contributed by atoms with van der Waals surface area (Å²) in [7, 11) is 1.31. The Labute approximate surface area is 120 Å².